The summed E-state index contributed by atoms with van der Waals surface area (Å²) in [6.45, 7) is 5.87. The van der Waals surface area contributed by atoms with E-state index < -0.39 is 5.97 Å². The number of fused-ring (bicyclic) bond motifs is 2. The maximum atomic E-state index is 12.4. The van der Waals surface area contributed by atoms with Crippen molar-refractivity contribution in [3.05, 3.63) is 53.9 Å². The van der Waals surface area contributed by atoms with E-state index in [1.807, 2.05) is 26.0 Å². The van der Waals surface area contributed by atoms with Gasteiger partial charge < -0.3 is 19.5 Å². The molecule has 1 aliphatic heterocycles. The molecule has 0 atom stereocenters. The lowest BCUT2D eigenvalue weighted by Gasteiger charge is -2.18. The Morgan fingerprint density at radius 3 is 2.93 bits per heavy atom. The Balaban J connectivity index is 1.44. The van der Waals surface area contributed by atoms with Gasteiger partial charge in [0.25, 0.3) is 5.91 Å². The summed E-state index contributed by atoms with van der Waals surface area (Å²) in [6.07, 6.45) is 3.90. The van der Waals surface area contributed by atoms with Crippen LogP contribution in [0.2, 0.25) is 0 Å². The second kappa shape index (κ2) is 7.70. The van der Waals surface area contributed by atoms with Crippen molar-refractivity contribution in [2.45, 2.75) is 32.8 Å². The van der Waals surface area contributed by atoms with Gasteiger partial charge in [-0.15, -0.1) is 0 Å². The maximum absolute atomic E-state index is 12.4. The van der Waals surface area contributed by atoms with E-state index in [4.69, 9.17) is 14.2 Å². The van der Waals surface area contributed by atoms with Crippen molar-refractivity contribution < 1.29 is 23.8 Å². The molecule has 0 saturated heterocycles. The number of carbonyl (C=O) groups is 2. The number of esters is 1. The number of hydrogen-bond donors (Lipinski definition) is 1. The molecule has 0 saturated carbocycles. The summed E-state index contributed by atoms with van der Waals surface area (Å²) in [4.78, 5) is 24.5. The summed E-state index contributed by atoms with van der Waals surface area (Å²) >= 11 is 0. The van der Waals surface area contributed by atoms with Gasteiger partial charge in [0.05, 0.1) is 18.3 Å². The fraction of sp³-hybridized carbons (Fsp3) is 0.318. The zero-order chi connectivity index (χ0) is 21.3. The molecule has 1 aliphatic rings. The topological polar surface area (TPSA) is 91.2 Å². The van der Waals surface area contributed by atoms with Gasteiger partial charge >= 0.3 is 5.97 Å². The number of aromatic nitrogens is 2. The van der Waals surface area contributed by atoms with Crippen LogP contribution in [0.15, 0.2) is 42.7 Å². The highest BCUT2D eigenvalue weighted by atomic mass is 16.5. The van der Waals surface area contributed by atoms with Crippen molar-refractivity contribution in [2.24, 2.45) is 0 Å². The fourth-order valence-corrected chi connectivity index (χ4v) is 3.47. The average molecular weight is 409 g/mol. The molecule has 0 radical (unpaired) electrons. The standard InChI is InChI=1S/C22H23N3O5/c1-4-28-21(27)16-12-23-25-9-8-15(10-17(16)25)24-19(26)13-29-18-7-5-6-14-11-22(2,3)30-20(14)18/h5-10,12H,4,11,13H2,1-3H3,(H,24,26). The molecule has 1 aromatic carbocycles. The van der Waals surface area contributed by atoms with Crippen LogP contribution in [-0.2, 0) is 16.0 Å². The summed E-state index contributed by atoms with van der Waals surface area (Å²) in [6, 6.07) is 9.04. The number of para-hydroxylation sites is 1. The molecule has 1 amide bonds. The second-order valence-corrected chi connectivity index (χ2v) is 7.64. The van der Waals surface area contributed by atoms with Crippen LogP contribution in [0.4, 0.5) is 5.69 Å². The first-order valence-corrected chi connectivity index (χ1v) is 9.74. The second-order valence-electron chi connectivity index (χ2n) is 7.64. The molecule has 4 rings (SSSR count). The van der Waals surface area contributed by atoms with Crippen molar-refractivity contribution in [2.75, 3.05) is 18.5 Å². The number of benzene rings is 1. The van der Waals surface area contributed by atoms with Crippen LogP contribution in [0.5, 0.6) is 11.5 Å². The van der Waals surface area contributed by atoms with Crippen LogP contribution in [0, 0.1) is 0 Å². The van der Waals surface area contributed by atoms with E-state index in [1.54, 1.807) is 35.8 Å². The quantitative estimate of drug-likeness (QED) is 0.629. The summed E-state index contributed by atoms with van der Waals surface area (Å²) in [5, 5.41) is 6.91. The molecule has 156 valence electrons. The van der Waals surface area contributed by atoms with Crippen LogP contribution in [0.1, 0.15) is 36.7 Å². The highest BCUT2D eigenvalue weighted by molar-refractivity contribution is 5.98. The minimum absolute atomic E-state index is 0.171. The van der Waals surface area contributed by atoms with Crippen LogP contribution in [0.25, 0.3) is 5.52 Å². The van der Waals surface area contributed by atoms with E-state index >= 15 is 0 Å². The van der Waals surface area contributed by atoms with Gasteiger partial charge in [0.2, 0.25) is 0 Å². The highest BCUT2D eigenvalue weighted by Gasteiger charge is 2.32. The van der Waals surface area contributed by atoms with Crippen molar-refractivity contribution in [3.8, 4) is 11.5 Å². The molecule has 3 aromatic rings. The number of amides is 1. The number of rotatable bonds is 6. The van der Waals surface area contributed by atoms with Gasteiger partial charge in [0.15, 0.2) is 18.1 Å². The number of pyridine rings is 1. The summed E-state index contributed by atoms with van der Waals surface area (Å²) in [7, 11) is 0. The fourth-order valence-electron chi connectivity index (χ4n) is 3.47. The molecular formula is C22H23N3O5. The monoisotopic (exact) mass is 409 g/mol. The number of ether oxygens (including phenoxy) is 3. The van der Waals surface area contributed by atoms with Gasteiger partial charge in [-0.3, -0.25) is 4.79 Å². The lowest BCUT2D eigenvalue weighted by atomic mass is 10.0. The predicted molar refractivity (Wildman–Crippen MR) is 110 cm³/mol. The number of nitrogens with zero attached hydrogens (tertiary/aromatic N) is 2. The Morgan fingerprint density at radius 2 is 2.13 bits per heavy atom. The van der Waals surface area contributed by atoms with Crippen molar-refractivity contribution in [1.82, 2.24) is 9.61 Å². The van der Waals surface area contributed by atoms with Crippen LogP contribution in [0.3, 0.4) is 0 Å². The van der Waals surface area contributed by atoms with Crippen molar-refractivity contribution in [1.29, 1.82) is 0 Å². The molecule has 0 aliphatic carbocycles. The van der Waals surface area contributed by atoms with E-state index in [0.29, 0.717) is 28.3 Å². The third-order valence-electron chi connectivity index (χ3n) is 4.71. The molecule has 0 fully saturated rings. The van der Waals surface area contributed by atoms with Crippen molar-refractivity contribution >= 4 is 23.1 Å². The zero-order valence-corrected chi connectivity index (χ0v) is 17.1. The van der Waals surface area contributed by atoms with Gasteiger partial charge in [-0.05, 0) is 39.0 Å². The highest BCUT2D eigenvalue weighted by Crippen LogP contribution is 2.41. The summed E-state index contributed by atoms with van der Waals surface area (Å²) < 4.78 is 18.3. The predicted octanol–water partition coefficient (Wildman–Crippen LogP) is 3.24. The average Bonchev–Trinajstić information content (AvgIpc) is 3.25. The van der Waals surface area contributed by atoms with Gasteiger partial charge in [0.1, 0.15) is 11.2 Å². The molecule has 2 aromatic heterocycles. The minimum Gasteiger partial charge on any atom is -0.483 e. The molecule has 8 nitrogen and oxygen atoms in total. The first kappa shape index (κ1) is 19.8. The van der Waals surface area contributed by atoms with Gasteiger partial charge in [-0.25, -0.2) is 9.31 Å². The van der Waals surface area contributed by atoms with Gasteiger partial charge in [-0.2, -0.15) is 5.10 Å². The minimum atomic E-state index is -0.458. The molecular weight excluding hydrogens is 386 g/mol. The van der Waals surface area contributed by atoms with Gasteiger partial charge in [0, 0.05) is 23.9 Å². The van der Waals surface area contributed by atoms with E-state index in [0.717, 1.165) is 12.0 Å². The lowest BCUT2D eigenvalue weighted by Crippen LogP contribution is -2.25. The number of nitrogens with one attached hydrogen (secondary N) is 1. The largest absolute Gasteiger partial charge is 0.483 e. The normalized spacial score (nSPS) is 14.1. The summed E-state index contributed by atoms with van der Waals surface area (Å²) in [5.74, 6) is 0.450. The Morgan fingerprint density at radius 1 is 1.30 bits per heavy atom. The third-order valence-corrected chi connectivity index (χ3v) is 4.71. The van der Waals surface area contributed by atoms with E-state index in [-0.39, 0.29) is 24.7 Å². The Labute approximate surface area is 173 Å². The van der Waals surface area contributed by atoms with E-state index in [2.05, 4.69) is 10.4 Å². The molecule has 0 unspecified atom stereocenters. The molecule has 0 bridgehead atoms. The molecule has 8 heteroatoms. The van der Waals surface area contributed by atoms with Crippen LogP contribution >= 0.6 is 0 Å². The van der Waals surface area contributed by atoms with Gasteiger partial charge in [-0.1, -0.05) is 12.1 Å². The molecule has 1 N–H and O–H groups in total. The number of carbonyl (C=O) groups excluding carboxylic acids is 2. The lowest BCUT2D eigenvalue weighted by molar-refractivity contribution is -0.118. The Kier molecular flexibility index (Phi) is 5.07. The molecule has 30 heavy (non-hydrogen) atoms. The molecule has 3 heterocycles. The van der Waals surface area contributed by atoms with Crippen molar-refractivity contribution in [3.63, 3.8) is 0 Å². The van der Waals surface area contributed by atoms with Crippen LogP contribution in [-0.4, -0.2) is 40.3 Å². The Bertz CT molecular complexity index is 1120. The van der Waals surface area contributed by atoms with E-state index in [1.165, 1.54) is 6.20 Å². The smallest absolute Gasteiger partial charge is 0.341 e. The first-order valence-electron chi connectivity index (χ1n) is 9.74. The molecule has 0 spiro atoms. The Hall–Kier alpha value is -3.55. The summed E-state index contributed by atoms with van der Waals surface area (Å²) in [5.41, 5.74) is 2.18. The maximum Gasteiger partial charge on any atom is 0.341 e. The first-order chi connectivity index (χ1) is 14.4. The zero-order valence-electron chi connectivity index (χ0n) is 17.1. The van der Waals surface area contributed by atoms with Crippen LogP contribution < -0.4 is 14.8 Å². The number of anilines is 1. The van der Waals surface area contributed by atoms with E-state index in [9.17, 15) is 9.59 Å². The SMILES string of the molecule is CCOC(=O)c1cnn2ccc(NC(=O)COc3cccc4c3OC(C)(C)C4)cc12. The third kappa shape index (κ3) is 3.94. The number of hydrogen-bond acceptors (Lipinski definition) is 6.